The van der Waals surface area contributed by atoms with Crippen LogP contribution in [-0.2, 0) is 4.79 Å². The van der Waals surface area contributed by atoms with Gasteiger partial charge in [0.25, 0.3) is 5.91 Å². The van der Waals surface area contributed by atoms with E-state index >= 15 is 0 Å². The molecule has 0 spiro atoms. The molecular formula is C16H20N4O3S. The predicted molar refractivity (Wildman–Crippen MR) is 89.9 cm³/mol. The lowest BCUT2D eigenvalue weighted by Gasteiger charge is -2.29. The van der Waals surface area contributed by atoms with Gasteiger partial charge >= 0.3 is 0 Å². The number of carbonyl (C=O) groups is 2. The van der Waals surface area contributed by atoms with Crippen molar-refractivity contribution in [1.82, 2.24) is 20.0 Å². The Morgan fingerprint density at radius 1 is 1.17 bits per heavy atom. The molecule has 2 atom stereocenters. The van der Waals surface area contributed by atoms with Gasteiger partial charge in [-0.2, -0.15) is 16.9 Å². The third kappa shape index (κ3) is 2.62. The molecule has 1 aromatic heterocycles. The van der Waals surface area contributed by atoms with Gasteiger partial charge in [0.1, 0.15) is 0 Å². The van der Waals surface area contributed by atoms with Gasteiger partial charge in [-0.25, -0.2) is 0 Å². The highest BCUT2D eigenvalue weighted by Crippen LogP contribution is 2.34. The first kappa shape index (κ1) is 15.7. The summed E-state index contributed by atoms with van der Waals surface area (Å²) in [6, 6.07) is 1.40. The number of nitrogens with zero attached hydrogens (tertiary/aromatic N) is 3. The van der Waals surface area contributed by atoms with Gasteiger partial charge in [-0.15, -0.1) is 0 Å². The minimum Gasteiger partial charge on any atom is -0.342 e. The molecule has 0 bridgehead atoms. The highest BCUT2D eigenvalue weighted by Gasteiger charge is 2.45. The van der Waals surface area contributed by atoms with E-state index in [1.54, 1.807) is 11.8 Å². The van der Waals surface area contributed by atoms with Crippen LogP contribution in [0.4, 0.5) is 0 Å². The number of nitrogens with one attached hydrogen (secondary N) is 1. The summed E-state index contributed by atoms with van der Waals surface area (Å²) in [5.74, 6) is 2.68. The normalized spacial score (nSPS) is 26.4. The molecule has 4 heterocycles. The van der Waals surface area contributed by atoms with E-state index in [-0.39, 0.29) is 28.9 Å². The SMILES string of the molecule is Cc1cc(=O)c(C(=O)N2C[C@@H]3CN(C(=O)C4CSC4)C[C@@H]3C2)n[nH]1. The van der Waals surface area contributed by atoms with Gasteiger partial charge in [0, 0.05) is 61.3 Å². The molecule has 3 fully saturated rings. The summed E-state index contributed by atoms with van der Waals surface area (Å²) >= 11 is 1.82. The fourth-order valence-electron chi connectivity index (χ4n) is 3.77. The highest BCUT2D eigenvalue weighted by atomic mass is 32.2. The molecule has 0 unspecified atom stereocenters. The monoisotopic (exact) mass is 348 g/mol. The first-order valence-corrected chi connectivity index (χ1v) is 9.40. The topological polar surface area (TPSA) is 86.4 Å². The van der Waals surface area contributed by atoms with Gasteiger partial charge in [0.2, 0.25) is 11.3 Å². The second-order valence-corrected chi connectivity index (χ2v) is 8.05. The van der Waals surface area contributed by atoms with Crippen LogP contribution in [0.3, 0.4) is 0 Å². The van der Waals surface area contributed by atoms with Gasteiger partial charge in [0.15, 0.2) is 5.69 Å². The Morgan fingerprint density at radius 2 is 1.79 bits per heavy atom. The van der Waals surface area contributed by atoms with Crippen LogP contribution in [0.2, 0.25) is 0 Å². The molecule has 3 aliphatic rings. The van der Waals surface area contributed by atoms with Gasteiger partial charge < -0.3 is 9.80 Å². The van der Waals surface area contributed by atoms with Crippen molar-refractivity contribution in [3.63, 3.8) is 0 Å². The van der Waals surface area contributed by atoms with E-state index in [1.807, 2.05) is 16.7 Å². The van der Waals surface area contributed by atoms with Crippen molar-refractivity contribution in [2.24, 2.45) is 17.8 Å². The largest absolute Gasteiger partial charge is 0.342 e. The summed E-state index contributed by atoms with van der Waals surface area (Å²) in [6.07, 6.45) is 0. The number of thioether (sulfide) groups is 1. The Morgan fingerprint density at radius 3 is 2.33 bits per heavy atom. The number of carbonyl (C=O) groups excluding carboxylic acids is 2. The number of hydrogen-bond acceptors (Lipinski definition) is 5. The molecule has 1 aromatic rings. The standard InChI is InChI=1S/C16H20N4O3S/c1-9-2-13(21)14(18-17-9)16(23)20-5-10-3-19(4-11(10)6-20)15(22)12-7-24-8-12/h2,10-12H,3-8H2,1H3,(H,17,21)/t10-,11+. The minimum atomic E-state index is -0.340. The number of aromatic nitrogens is 2. The number of H-pyrrole nitrogens is 1. The van der Waals surface area contributed by atoms with E-state index in [2.05, 4.69) is 10.2 Å². The fourth-order valence-corrected chi connectivity index (χ4v) is 4.53. The molecule has 0 radical (unpaired) electrons. The molecule has 2 amide bonds. The van der Waals surface area contributed by atoms with Crippen LogP contribution in [0.25, 0.3) is 0 Å². The smallest absolute Gasteiger partial charge is 0.278 e. The van der Waals surface area contributed by atoms with E-state index in [1.165, 1.54) is 6.07 Å². The summed E-state index contributed by atoms with van der Waals surface area (Å²) in [4.78, 5) is 40.5. The Bertz CT molecular complexity index is 731. The number of aryl methyl sites for hydroxylation is 1. The molecule has 1 N–H and O–H groups in total. The Kier molecular flexibility index (Phi) is 3.86. The average molecular weight is 348 g/mol. The zero-order valence-electron chi connectivity index (χ0n) is 13.5. The minimum absolute atomic E-state index is 0.0417. The lowest BCUT2D eigenvalue weighted by atomic mass is 10.0. The molecule has 3 saturated heterocycles. The van der Waals surface area contributed by atoms with E-state index in [0.717, 1.165) is 24.6 Å². The third-order valence-corrected chi connectivity index (χ3v) is 6.48. The van der Waals surface area contributed by atoms with Gasteiger partial charge in [-0.1, -0.05) is 0 Å². The lowest BCUT2D eigenvalue weighted by molar-refractivity contribution is -0.133. The van der Waals surface area contributed by atoms with Crippen LogP contribution in [0.15, 0.2) is 10.9 Å². The van der Waals surface area contributed by atoms with E-state index in [4.69, 9.17) is 0 Å². The Labute approximate surface area is 143 Å². The average Bonchev–Trinajstić information content (AvgIpc) is 3.03. The van der Waals surface area contributed by atoms with Crippen molar-refractivity contribution in [2.45, 2.75) is 6.92 Å². The molecule has 3 aliphatic heterocycles. The quantitative estimate of drug-likeness (QED) is 0.811. The van der Waals surface area contributed by atoms with E-state index in [9.17, 15) is 14.4 Å². The van der Waals surface area contributed by atoms with Crippen molar-refractivity contribution in [1.29, 1.82) is 0 Å². The second kappa shape index (κ2) is 5.91. The van der Waals surface area contributed by atoms with Gasteiger partial charge in [-0.3, -0.25) is 19.5 Å². The number of rotatable bonds is 2. The number of fused-ring (bicyclic) bond motifs is 1. The van der Waals surface area contributed by atoms with Crippen LogP contribution in [0.5, 0.6) is 0 Å². The predicted octanol–water partition coefficient (Wildman–Crippen LogP) is -0.0283. The molecule has 4 rings (SSSR count). The second-order valence-electron chi connectivity index (χ2n) is 6.97. The maximum Gasteiger partial charge on any atom is 0.278 e. The maximum atomic E-state index is 12.5. The molecule has 8 heteroatoms. The van der Waals surface area contributed by atoms with Crippen LogP contribution in [0, 0.1) is 24.7 Å². The van der Waals surface area contributed by atoms with E-state index in [0.29, 0.717) is 30.6 Å². The number of aromatic amines is 1. The van der Waals surface area contributed by atoms with Crippen molar-refractivity contribution in [2.75, 3.05) is 37.7 Å². The lowest BCUT2D eigenvalue weighted by Crippen LogP contribution is -2.42. The number of likely N-dealkylation sites (tertiary alicyclic amines) is 2. The van der Waals surface area contributed by atoms with E-state index < -0.39 is 0 Å². The molecule has 0 aliphatic carbocycles. The molecule has 0 aromatic carbocycles. The molecule has 128 valence electrons. The van der Waals surface area contributed by atoms with Crippen molar-refractivity contribution < 1.29 is 9.59 Å². The van der Waals surface area contributed by atoms with Gasteiger partial charge in [-0.05, 0) is 6.92 Å². The fraction of sp³-hybridized carbons (Fsp3) is 0.625. The first-order valence-electron chi connectivity index (χ1n) is 8.25. The zero-order chi connectivity index (χ0) is 16.8. The Balaban J connectivity index is 1.41. The summed E-state index contributed by atoms with van der Waals surface area (Å²) in [5, 5.41) is 6.60. The summed E-state index contributed by atoms with van der Waals surface area (Å²) < 4.78 is 0. The molecule has 0 saturated carbocycles. The van der Waals surface area contributed by atoms with Gasteiger partial charge in [0.05, 0.1) is 5.92 Å². The van der Waals surface area contributed by atoms with Crippen molar-refractivity contribution in [3.05, 3.63) is 27.7 Å². The molecule has 24 heavy (non-hydrogen) atoms. The maximum absolute atomic E-state index is 12.5. The van der Waals surface area contributed by atoms with Crippen LogP contribution in [-0.4, -0.2) is 69.5 Å². The summed E-state index contributed by atoms with van der Waals surface area (Å²) in [6.45, 7) is 4.39. The van der Waals surface area contributed by atoms with Crippen LogP contribution >= 0.6 is 11.8 Å². The Hall–Kier alpha value is -1.83. The van der Waals surface area contributed by atoms with Crippen LogP contribution < -0.4 is 5.43 Å². The highest BCUT2D eigenvalue weighted by molar-refractivity contribution is 8.00. The first-order chi connectivity index (χ1) is 11.5. The van der Waals surface area contributed by atoms with Crippen molar-refractivity contribution in [3.8, 4) is 0 Å². The molecular weight excluding hydrogens is 328 g/mol. The number of hydrogen-bond donors (Lipinski definition) is 1. The zero-order valence-corrected chi connectivity index (χ0v) is 14.3. The molecule has 7 nitrogen and oxygen atoms in total. The van der Waals surface area contributed by atoms with Crippen molar-refractivity contribution >= 4 is 23.6 Å². The summed E-state index contributed by atoms with van der Waals surface area (Å²) in [5.41, 5.74) is 0.255. The number of amides is 2. The third-order valence-electron chi connectivity index (χ3n) is 5.20. The van der Waals surface area contributed by atoms with Crippen LogP contribution in [0.1, 0.15) is 16.2 Å². The summed E-state index contributed by atoms with van der Waals surface area (Å²) in [7, 11) is 0.